The Labute approximate surface area is 126 Å². The minimum atomic E-state index is 0. The summed E-state index contributed by atoms with van der Waals surface area (Å²) < 4.78 is 0. The van der Waals surface area contributed by atoms with Crippen molar-refractivity contribution < 1.29 is 4.70 Å². The monoisotopic (exact) mass is 287 g/mol. The highest BCUT2D eigenvalue weighted by atomic mass is 19.0. The molecule has 20 heavy (non-hydrogen) atoms. The molecular weight excluding hydrogens is 249 g/mol. The summed E-state index contributed by atoms with van der Waals surface area (Å²) in [6, 6.07) is 0. The van der Waals surface area contributed by atoms with Crippen molar-refractivity contribution in [3.8, 4) is 0 Å². The predicted molar refractivity (Wildman–Crippen MR) is 90.8 cm³/mol. The molecule has 0 rings (SSSR count). The fraction of sp³-hybridized carbons (Fsp3) is 0.944. The standard InChI is InChI=1S/C18H37N.FH/c1-2-3-4-5-6-7-8-9-10-11-12-13-14-15-16-17-18-19;/h18-19H,2-17H2,1H3;1H. The van der Waals surface area contributed by atoms with Gasteiger partial charge in [0.1, 0.15) is 0 Å². The van der Waals surface area contributed by atoms with Crippen LogP contribution < -0.4 is 0 Å². The molecule has 0 bridgehead atoms. The summed E-state index contributed by atoms with van der Waals surface area (Å²) in [5.41, 5.74) is 0. The van der Waals surface area contributed by atoms with Crippen LogP contribution in [0.1, 0.15) is 110 Å². The maximum atomic E-state index is 6.95. The summed E-state index contributed by atoms with van der Waals surface area (Å²) >= 11 is 0. The third kappa shape index (κ3) is 19.9. The highest BCUT2D eigenvalue weighted by molar-refractivity contribution is 5.52. The van der Waals surface area contributed by atoms with Crippen molar-refractivity contribution in [1.29, 1.82) is 5.41 Å². The summed E-state index contributed by atoms with van der Waals surface area (Å²) in [7, 11) is 0. The van der Waals surface area contributed by atoms with Crippen LogP contribution in [0.25, 0.3) is 0 Å². The second-order valence-electron chi connectivity index (χ2n) is 5.94. The Hall–Kier alpha value is -0.400. The lowest BCUT2D eigenvalue weighted by atomic mass is 10.0. The van der Waals surface area contributed by atoms with Crippen molar-refractivity contribution in [2.75, 3.05) is 0 Å². The third-order valence-corrected chi connectivity index (χ3v) is 3.95. The Morgan fingerprint density at radius 2 is 0.850 bits per heavy atom. The van der Waals surface area contributed by atoms with E-state index in [9.17, 15) is 0 Å². The van der Waals surface area contributed by atoms with Gasteiger partial charge < -0.3 is 5.41 Å². The van der Waals surface area contributed by atoms with Crippen LogP contribution in [0.3, 0.4) is 0 Å². The van der Waals surface area contributed by atoms with Gasteiger partial charge in [-0.3, -0.25) is 4.70 Å². The Balaban J connectivity index is 0. The Morgan fingerprint density at radius 1 is 0.550 bits per heavy atom. The first-order chi connectivity index (χ1) is 9.41. The number of unbranched alkanes of at least 4 members (excludes halogenated alkanes) is 15. The van der Waals surface area contributed by atoms with E-state index in [1.165, 1.54) is 96.3 Å². The van der Waals surface area contributed by atoms with E-state index in [2.05, 4.69) is 6.92 Å². The van der Waals surface area contributed by atoms with Crippen LogP contribution in [0.4, 0.5) is 4.70 Å². The van der Waals surface area contributed by atoms with E-state index in [1.54, 1.807) is 6.21 Å². The SMILES string of the molecule is CCCCCCCCCCCCCCCCCC=N.F. The summed E-state index contributed by atoms with van der Waals surface area (Å²) in [6.45, 7) is 2.29. The summed E-state index contributed by atoms with van der Waals surface area (Å²) in [5.74, 6) is 0. The van der Waals surface area contributed by atoms with Crippen molar-refractivity contribution >= 4 is 6.21 Å². The molecule has 0 radical (unpaired) electrons. The average molecular weight is 288 g/mol. The normalized spacial score (nSPS) is 10.2. The maximum absolute atomic E-state index is 6.95. The van der Waals surface area contributed by atoms with Crippen molar-refractivity contribution in [2.45, 2.75) is 110 Å². The molecule has 0 aromatic rings. The molecule has 0 aliphatic carbocycles. The summed E-state index contributed by atoms with van der Waals surface area (Å²) in [4.78, 5) is 0. The quantitative estimate of drug-likeness (QED) is 0.232. The molecule has 0 amide bonds. The van der Waals surface area contributed by atoms with Crippen molar-refractivity contribution in [3.05, 3.63) is 0 Å². The van der Waals surface area contributed by atoms with Crippen LogP contribution in [0.2, 0.25) is 0 Å². The largest absolute Gasteiger partial charge is 0.313 e. The van der Waals surface area contributed by atoms with Gasteiger partial charge in [0.2, 0.25) is 0 Å². The van der Waals surface area contributed by atoms with E-state index >= 15 is 0 Å². The second-order valence-corrected chi connectivity index (χ2v) is 5.94. The molecule has 0 aliphatic heterocycles. The average Bonchev–Trinajstić information content (AvgIpc) is 2.43. The Morgan fingerprint density at radius 3 is 1.15 bits per heavy atom. The molecule has 0 fully saturated rings. The number of nitrogens with one attached hydrogen (secondary N) is 1. The zero-order chi connectivity index (χ0) is 14.0. The van der Waals surface area contributed by atoms with Crippen LogP contribution >= 0.6 is 0 Å². The minimum Gasteiger partial charge on any atom is -0.313 e. The lowest BCUT2D eigenvalue weighted by molar-refractivity contribution is 0.533. The molecule has 1 N–H and O–H groups in total. The highest BCUT2D eigenvalue weighted by Gasteiger charge is 1.93. The first-order valence-electron chi connectivity index (χ1n) is 8.90. The molecule has 0 heterocycles. The van der Waals surface area contributed by atoms with E-state index in [0.29, 0.717) is 0 Å². The first kappa shape index (κ1) is 21.9. The molecule has 0 aromatic carbocycles. The molecule has 0 aliphatic rings. The first-order valence-corrected chi connectivity index (χ1v) is 8.90. The van der Waals surface area contributed by atoms with Gasteiger partial charge in [0.05, 0.1) is 0 Å². The van der Waals surface area contributed by atoms with Crippen molar-refractivity contribution in [1.82, 2.24) is 0 Å². The molecule has 0 spiro atoms. The van der Waals surface area contributed by atoms with Crippen LogP contribution in [0, 0.1) is 5.41 Å². The van der Waals surface area contributed by atoms with Crippen LogP contribution in [-0.2, 0) is 0 Å². The van der Waals surface area contributed by atoms with Crippen LogP contribution in [0.15, 0.2) is 0 Å². The minimum absolute atomic E-state index is 0. The molecular formula is C18H38FN. The summed E-state index contributed by atoms with van der Waals surface area (Å²) in [6.07, 6.45) is 23.8. The van der Waals surface area contributed by atoms with Gasteiger partial charge in [-0.2, -0.15) is 0 Å². The summed E-state index contributed by atoms with van der Waals surface area (Å²) in [5, 5.41) is 6.95. The fourth-order valence-electron chi connectivity index (χ4n) is 2.62. The highest BCUT2D eigenvalue weighted by Crippen LogP contribution is 2.13. The fourth-order valence-corrected chi connectivity index (χ4v) is 2.62. The number of hydrogen-bond donors (Lipinski definition) is 1. The van der Waals surface area contributed by atoms with Gasteiger partial charge in [-0.15, -0.1) is 0 Å². The maximum Gasteiger partial charge on any atom is -0.00477 e. The smallest absolute Gasteiger partial charge is 0.00477 e. The third-order valence-electron chi connectivity index (χ3n) is 3.95. The van der Waals surface area contributed by atoms with Crippen molar-refractivity contribution in [2.24, 2.45) is 0 Å². The lowest BCUT2D eigenvalue weighted by Crippen LogP contribution is -1.83. The van der Waals surface area contributed by atoms with Crippen molar-refractivity contribution in [3.63, 3.8) is 0 Å². The van der Waals surface area contributed by atoms with Crippen LogP contribution in [0.5, 0.6) is 0 Å². The van der Waals surface area contributed by atoms with Gasteiger partial charge in [-0.25, -0.2) is 0 Å². The zero-order valence-electron chi connectivity index (χ0n) is 13.8. The number of hydrogen-bond acceptors (Lipinski definition) is 1. The van der Waals surface area contributed by atoms with E-state index in [1.807, 2.05) is 0 Å². The molecule has 122 valence electrons. The predicted octanol–water partition coefficient (Wildman–Crippen LogP) is 7.05. The topological polar surface area (TPSA) is 23.9 Å². The molecule has 0 aromatic heterocycles. The molecule has 2 heteroatoms. The van der Waals surface area contributed by atoms with Gasteiger partial charge >= 0.3 is 0 Å². The molecule has 0 unspecified atom stereocenters. The van der Waals surface area contributed by atoms with Crippen LogP contribution in [-0.4, -0.2) is 6.21 Å². The molecule has 1 nitrogen and oxygen atoms in total. The van der Waals surface area contributed by atoms with Gasteiger partial charge in [0, 0.05) is 0 Å². The van der Waals surface area contributed by atoms with Gasteiger partial charge in [-0.05, 0) is 19.1 Å². The van der Waals surface area contributed by atoms with Gasteiger partial charge in [-0.1, -0.05) is 96.8 Å². The lowest BCUT2D eigenvalue weighted by Gasteiger charge is -2.03. The molecule has 0 saturated carbocycles. The second kappa shape index (κ2) is 20.9. The molecule has 0 atom stereocenters. The Kier molecular flexibility index (Phi) is 22.9. The number of rotatable bonds is 16. The van der Waals surface area contributed by atoms with E-state index in [0.717, 1.165) is 6.42 Å². The Bertz CT molecular complexity index is 171. The number of halogens is 1. The van der Waals surface area contributed by atoms with Gasteiger partial charge in [0.15, 0.2) is 0 Å². The van der Waals surface area contributed by atoms with Gasteiger partial charge in [0.25, 0.3) is 0 Å². The zero-order valence-corrected chi connectivity index (χ0v) is 13.8. The molecule has 0 saturated heterocycles. The van der Waals surface area contributed by atoms with E-state index in [4.69, 9.17) is 5.41 Å². The van der Waals surface area contributed by atoms with E-state index in [-0.39, 0.29) is 4.70 Å². The van der Waals surface area contributed by atoms with E-state index < -0.39 is 0 Å².